The quantitative estimate of drug-likeness (QED) is 0.0870. The Morgan fingerprint density at radius 3 is 2.43 bits per heavy atom. The summed E-state index contributed by atoms with van der Waals surface area (Å²) in [6.45, 7) is -0.153. The number of halogens is 2. The van der Waals surface area contributed by atoms with E-state index in [4.69, 9.17) is 25.8 Å². The molecule has 35 heavy (non-hydrogen) atoms. The molecule has 0 saturated heterocycles. The van der Waals surface area contributed by atoms with Crippen molar-refractivity contribution >= 4 is 73.7 Å². The van der Waals surface area contributed by atoms with Gasteiger partial charge in [-0.25, -0.2) is 10.2 Å². The van der Waals surface area contributed by atoms with E-state index < -0.39 is 5.97 Å². The highest BCUT2D eigenvalue weighted by atomic mass is 127. The van der Waals surface area contributed by atoms with Gasteiger partial charge >= 0.3 is 5.97 Å². The van der Waals surface area contributed by atoms with Crippen LogP contribution in [0.1, 0.15) is 15.2 Å². The van der Waals surface area contributed by atoms with E-state index in [1.54, 1.807) is 49.6 Å². The van der Waals surface area contributed by atoms with Crippen molar-refractivity contribution in [3.63, 3.8) is 0 Å². The first-order valence-corrected chi connectivity index (χ1v) is 12.5. The Morgan fingerprint density at radius 1 is 1.03 bits per heavy atom. The highest BCUT2D eigenvalue weighted by Gasteiger charge is 2.19. The summed E-state index contributed by atoms with van der Waals surface area (Å²) >= 11 is 9.83. The molecule has 4 aromatic rings. The van der Waals surface area contributed by atoms with Gasteiger partial charge in [-0.2, -0.15) is 5.10 Å². The van der Waals surface area contributed by atoms with E-state index in [1.165, 1.54) is 17.6 Å². The second-order valence-electron chi connectivity index (χ2n) is 7.10. The summed E-state index contributed by atoms with van der Waals surface area (Å²) < 4.78 is 18.0. The van der Waals surface area contributed by atoms with Gasteiger partial charge < -0.3 is 14.2 Å². The molecule has 0 saturated carbocycles. The monoisotopic (exact) mass is 620 g/mol. The molecule has 1 aromatic heterocycles. The molecule has 178 valence electrons. The summed E-state index contributed by atoms with van der Waals surface area (Å²) in [5, 5.41) is 5.03. The van der Waals surface area contributed by atoms with Crippen LogP contribution < -0.4 is 19.6 Å². The van der Waals surface area contributed by atoms with Crippen LogP contribution in [0.5, 0.6) is 17.2 Å². The number of carbonyl (C=O) groups is 2. The van der Waals surface area contributed by atoms with Crippen molar-refractivity contribution < 1.29 is 23.8 Å². The lowest BCUT2D eigenvalue weighted by atomic mass is 10.2. The Kier molecular flexibility index (Phi) is 8.21. The van der Waals surface area contributed by atoms with Gasteiger partial charge in [0, 0.05) is 13.7 Å². The maximum absolute atomic E-state index is 12.7. The molecule has 10 heteroatoms. The van der Waals surface area contributed by atoms with Crippen molar-refractivity contribution in [3.8, 4) is 17.2 Å². The van der Waals surface area contributed by atoms with E-state index in [0.717, 1.165) is 13.7 Å². The standard InChI is InChI=1S/C25H18ClIN2O5S/c1-32-19-10-11-20-21(12-19)35-24(23(20)26)25(31)34-18-6-2-15(3-7-18)13-28-29-22(30)14-33-17-8-4-16(27)5-9-17/h2-13H,14H2,1H3,(H,29,30)/b28-13+. The highest BCUT2D eigenvalue weighted by Crippen LogP contribution is 2.37. The van der Waals surface area contributed by atoms with Gasteiger partial charge in [-0.1, -0.05) is 11.6 Å². The summed E-state index contributed by atoms with van der Waals surface area (Å²) in [5.74, 6) is 0.710. The molecule has 0 aliphatic carbocycles. The van der Waals surface area contributed by atoms with Crippen molar-refractivity contribution in [1.82, 2.24) is 5.43 Å². The lowest BCUT2D eigenvalue weighted by Crippen LogP contribution is -2.24. The molecular formula is C25H18ClIN2O5S. The molecule has 1 N–H and O–H groups in total. The van der Waals surface area contributed by atoms with Crippen molar-refractivity contribution in [2.24, 2.45) is 5.10 Å². The largest absolute Gasteiger partial charge is 0.497 e. The molecule has 0 radical (unpaired) electrons. The van der Waals surface area contributed by atoms with Crippen molar-refractivity contribution in [1.29, 1.82) is 0 Å². The zero-order chi connectivity index (χ0) is 24.8. The average Bonchev–Trinajstić information content (AvgIpc) is 3.20. The minimum Gasteiger partial charge on any atom is -0.497 e. The van der Waals surface area contributed by atoms with E-state index in [0.29, 0.717) is 32.7 Å². The molecule has 3 aromatic carbocycles. The topological polar surface area (TPSA) is 86.2 Å². The van der Waals surface area contributed by atoms with Crippen LogP contribution in [0.3, 0.4) is 0 Å². The molecule has 0 bridgehead atoms. The molecule has 0 spiro atoms. The number of ether oxygens (including phenoxy) is 3. The third-order valence-corrected chi connectivity index (χ3v) is 7.06. The van der Waals surface area contributed by atoms with Crippen LogP contribution >= 0.6 is 45.5 Å². The van der Waals surface area contributed by atoms with Gasteiger partial charge in [0.25, 0.3) is 5.91 Å². The molecule has 0 fully saturated rings. The summed E-state index contributed by atoms with van der Waals surface area (Å²) in [7, 11) is 1.58. The number of nitrogens with zero attached hydrogens (tertiary/aromatic N) is 1. The normalized spacial score (nSPS) is 10.9. The van der Waals surface area contributed by atoms with E-state index in [-0.39, 0.29) is 12.5 Å². The van der Waals surface area contributed by atoms with Gasteiger partial charge in [0.2, 0.25) is 0 Å². The molecule has 7 nitrogen and oxygen atoms in total. The Morgan fingerprint density at radius 2 is 1.71 bits per heavy atom. The van der Waals surface area contributed by atoms with Crippen LogP contribution in [0.25, 0.3) is 10.1 Å². The number of rotatable bonds is 8. The first-order chi connectivity index (χ1) is 16.9. The summed E-state index contributed by atoms with van der Waals surface area (Å²) in [6, 6.07) is 19.5. The van der Waals surface area contributed by atoms with Crippen LogP contribution in [-0.2, 0) is 4.79 Å². The van der Waals surface area contributed by atoms with Crippen LogP contribution in [0, 0.1) is 3.57 Å². The Hall–Kier alpha value is -3.15. The van der Waals surface area contributed by atoms with Gasteiger partial charge in [-0.3, -0.25) is 4.79 Å². The summed E-state index contributed by atoms with van der Waals surface area (Å²) in [6.07, 6.45) is 1.48. The number of methoxy groups -OCH3 is 1. The van der Waals surface area contributed by atoms with E-state index in [9.17, 15) is 9.59 Å². The molecule has 0 unspecified atom stereocenters. The van der Waals surface area contributed by atoms with E-state index in [1.807, 2.05) is 24.3 Å². The minimum absolute atomic E-state index is 0.153. The smallest absolute Gasteiger partial charge is 0.355 e. The summed E-state index contributed by atoms with van der Waals surface area (Å²) in [4.78, 5) is 24.9. The Labute approximate surface area is 223 Å². The fourth-order valence-corrected chi connectivity index (χ4v) is 4.74. The third kappa shape index (κ3) is 6.50. The molecule has 0 aliphatic heterocycles. The number of hydrogen-bond acceptors (Lipinski definition) is 7. The lowest BCUT2D eigenvalue weighted by molar-refractivity contribution is -0.123. The SMILES string of the molecule is COc1ccc2c(Cl)c(C(=O)Oc3ccc(/C=N/NC(=O)COc4ccc(I)cc4)cc3)sc2c1. The first kappa shape index (κ1) is 25.0. The molecule has 1 amide bonds. The Balaban J connectivity index is 1.30. The van der Waals surface area contributed by atoms with Crippen LogP contribution in [0.15, 0.2) is 71.8 Å². The van der Waals surface area contributed by atoms with Gasteiger partial charge in [-0.05, 0) is 94.9 Å². The fraction of sp³-hybridized carbons (Fsp3) is 0.0800. The number of esters is 1. The number of amides is 1. The maximum Gasteiger partial charge on any atom is 0.355 e. The number of benzene rings is 3. The second-order valence-corrected chi connectivity index (χ2v) is 9.78. The van der Waals surface area contributed by atoms with E-state index >= 15 is 0 Å². The lowest BCUT2D eigenvalue weighted by Gasteiger charge is -2.05. The molecule has 1 heterocycles. The summed E-state index contributed by atoms with van der Waals surface area (Å²) in [5.41, 5.74) is 3.11. The number of nitrogens with one attached hydrogen (secondary N) is 1. The maximum atomic E-state index is 12.7. The zero-order valence-electron chi connectivity index (χ0n) is 18.3. The number of carbonyl (C=O) groups excluding carboxylic acids is 2. The number of hydrazone groups is 1. The van der Waals surface area contributed by atoms with Crippen molar-refractivity contribution in [2.75, 3.05) is 13.7 Å². The van der Waals surface area contributed by atoms with Gasteiger partial charge in [0.05, 0.1) is 18.3 Å². The minimum atomic E-state index is -0.544. The Bertz CT molecular complexity index is 1390. The van der Waals surface area contributed by atoms with Crippen molar-refractivity contribution in [2.45, 2.75) is 0 Å². The van der Waals surface area contributed by atoms with Gasteiger partial charge in [0.15, 0.2) is 6.61 Å². The van der Waals surface area contributed by atoms with Crippen molar-refractivity contribution in [3.05, 3.63) is 85.8 Å². The van der Waals surface area contributed by atoms with Crippen LogP contribution in [0.4, 0.5) is 0 Å². The number of hydrogen-bond donors (Lipinski definition) is 1. The van der Waals surface area contributed by atoms with Crippen LogP contribution in [0.2, 0.25) is 5.02 Å². The van der Waals surface area contributed by atoms with E-state index in [2.05, 4.69) is 33.1 Å². The van der Waals surface area contributed by atoms with Gasteiger partial charge in [0.1, 0.15) is 22.1 Å². The molecule has 4 rings (SSSR count). The first-order valence-electron chi connectivity index (χ1n) is 10.2. The second kappa shape index (κ2) is 11.5. The predicted molar refractivity (Wildman–Crippen MR) is 145 cm³/mol. The highest BCUT2D eigenvalue weighted by molar-refractivity contribution is 14.1. The molecular weight excluding hydrogens is 603 g/mol. The zero-order valence-corrected chi connectivity index (χ0v) is 22.0. The molecule has 0 aliphatic rings. The molecule has 0 atom stereocenters. The predicted octanol–water partition coefficient (Wildman–Crippen LogP) is 5.92. The van der Waals surface area contributed by atoms with Gasteiger partial charge in [-0.15, -0.1) is 11.3 Å². The average molecular weight is 621 g/mol. The number of thiophene rings is 1. The fourth-order valence-electron chi connectivity index (χ4n) is 2.97. The third-order valence-electron chi connectivity index (χ3n) is 4.70. The van der Waals surface area contributed by atoms with Crippen LogP contribution in [-0.4, -0.2) is 31.8 Å². The number of fused-ring (bicyclic) bond motifs is 1.